The van der Waals surface area contributed by atoms with E-state index in [2.05, 4.69) is 30.7 Å². The summed E-state index contributed by atoms with van der Waals surface area (Å²) in [5.41, 5.74) is 2.95. The Labute approximate surface area is 260 Å². The monoisotopic (exact) mass is 659 g/mol. The fourth-order valence-corrected chi connectivity index (χ4v) is 5.99. The van der Waals surface area contributed by atoms with Gasteiger partial charge < -0.3 is 5.32 Å². The molecule has 0 unspecified atom stereocenters. The summed E-state index contributed by atoms with van der Waals surface area (Å²) in [6, 6.07) is 18.4. The first-order valence-electron chi connectivity index (χ1n) is 13.1. The van der Waals surface area contributed by atoms with Crippen molar-refractivity contribution in [1.29, 1.82) is 5.26 Å². The van der Waals surface area contributed by atoms with Crippen LogP contribution < -0.4 is 5.32 Å². The van der Waals surface area contributed by atoms with Gasteiger partial charge in [0.25, 0.3) is 20.2 Å². The molecular weight excluding hydrogens is 638 g/mol. The number of benzene rings is 3. The summed E-state index contributed by atoms with van der Waals surface area (Å²) in [6.45, 7) is 2.82. The summed E-state index contributed by atoms with van der Waals surface area (Å²) in [4.78, 5) is 14.7. The highest BCUT2D eigenvalue weighted by molar-refractivity contribution is 7.86. The lowest BCUT2D eigenvalue weighted by molar-refractivity contribution is -0.114. The van der Waals surface area contributed by atoms with Crippen LogP contribution in [0.2, 0.25) is 0 Å². The van der Waals surface area contributed by atoms with Gasteiger partial charge in [-0.3, -0.25) is 19.0 Å². The van der Waals surface area contributed by atoms with E-state index in [9.17, 15) is 36.0 Å². The zero-order valence-electron chi connectivity index (χ0n) is 23.7. The van der Waals surface area contributed by atoms with Gasteiger partial charge in [-0.25, -0.2) is 14.2 Å². The molecular formula is C28H21N9O7S2. The van der Waals surface area contributed by atoms with E-state index in [4.69, 9.17) is 0 Å². The number of para-hydroxylation sites is 2. The first kappa shape index (κ1) is 30.3. The molecule has 16 nitrogen and oxygen atoms in total. The number of carbonyl (C=O) groups is 1. The summed E-state index contributed by atoms with van der Waals surface area (Å²) in [5.74, 6) is -0.550. The topological polar surface area (TPSA) is 237 Å². The molecule has 3 heterocycles. The van der Waals surface area contributed by atoms with Gasteiger partial charge in [0.2, 0.25) is 5.91 Å². The van der Waals surface area contributed by atoms with Crippen LogP contribution in [0.1, 0.15) is 18.2 Å². The Kier molecular flexibility index (Phi) is 7.25. The molecule has 0 aliphatic carbocycles. The van der Waals surface area contributed by atoms with E-state index < -0.39 is 35.7 Å². The van der Waals surface area contributed by atoms with Crippen molar-refractivity contribution in [3.63, 3.8) is 0 Å². The molecule has 0 radical (unpaired) electrons. The molecule has 0 spiro atoms. The van der Waals surface area contributed by atoms with E-state index in [-0.39, 0.29) is 28.7 Å². The molecule has 0 saturated heterocycles. The number of anilines is 1. The molecule has 46 heavy (non-hydrogen) atoms. The van der Waals surface area contributed by atoms with Crippen LogP contribution in [0.25, 0.3) is 33.6 Å². The van der Waals surface area contributed by atoms with Gasteiger partial charge in [0, 0.05) is 18.2 Å². The van der Waals surface area contributed by atoms with E-state index in [0.29, 0.717) is 33.6 Å². The highest BCUT2D eigenvalue weighted by Crippen LogP contribution is 2.38. The number of aromatic amines is 1. The van der Waals surface area contributed by atoms with Crippen LogP contribution in [0, 0.1) is 18.3 Å². The molecule has 232 valence electrons. The number of aryl methyl sites for hydroxylation is 1. The SMILES string of the molecule is CC(=O)Nc1ccc(-c2[nH]n3c(nc4ccccc43)c2N=Nc2c(C#N)c(C)nn2-c2cc(S(=O)(=O)O)ccc2S(=O)(=O)O)cc1. The lowest BCUT2D eigenvalue weighted by Crippen LogP contribution is -2.09. The number of nitriles is 1. The number of imidazole rings is 1. The van der Waals surface area contributed by atoms with Crippen LogP contribution in [0.4, 0.5) is 17.2 Å². The molecule has 3 aromatic heterocycles. The molecule has 18 heteroatoms. The fraction of sp³-hybridized carbons (Fsp3) is 0.0714. The Balaban J connectivity index is 1.59. The van der Waals surface area contributed by atoms with Crippen molar-refractivity contribution in [3.8, 4) is 23.0 Å². The van der Waals surface area contributed by atoms with Crippen molar-refractivity contribution in [2.75, 3.05) is 5.32 Å². The first-order chi connectivity index (χ1) is 21.8. The third kappa shape index (κ3) is 5.39. The Bertz CT molecular complexity index is 2510. The number of nitrogens with one attached hydrogen (secondary N) is 2. The predicted molar refractivity (Wildman–Crippen MR) is 164 cm³/mol. The second-order valence-electron chi connectivity index (χ2n) is 9.94. The summed E-state index contributed by atoms with van der Waals surface area (Å²) in [6.07, 6.45) is 0. The maximum atomic E-state index is 12.3. The zero-order valence-corrected chi connectivity index (χ0v) is 25.4. The molecule has 0 aliphatic rings. The maximum absolute atomic E-state index is 12.3. The largest absolute Gasteiger partial charge is 0.326 e. The number of amides is 1. The summed E-state index contributed by atoms with van der Waals surface area (Å²) >= 11 is 0. The third-order valence-electron chi connectivity index (χ3n) is 6.85. The molecule has 6 aromatic rings. The van der Waals surface area contributed by atoms with Crippen LogP contribution in [0.3, 0.4) is 0 Å². The molecule has 0 saturated carbocycles. The van der Waals surface area contributed by atoms with Gasteiger partial charge in [-0.1, -0.05) is 24.3 Å². The number of aromatic nitrogens is 5. The number of fused-ring (bicyclic) bond motifs is 3. The van der Waals surface area contributed by atoms with E-state index in [1.165, 1.54) is 13.8 Å². The lowest BCUT2D eigenvalue weighted by atomic mass is 10.1. The molecule has 4 N–H and O–H groups in total. The molecule has 3 aromatic carbocycles. The average molecular weight is 660 g/mol. The highest BCUT2D eigenvalue weighted by atomic mass is 32.2. The minimum Gasteiger partial charge on any atom is -0.326 e. The van der Waals surface area contributed by atoms with Crippen molar-refractivity contribution in [2.45, 2.75) is 23.6 Å². The molecule has 1 amide bonds. The van der Waals surface area contributed by atoms with Gasteiger partial charge in [-0.05, 0) is 49.4 Å². The van der Waals surface area contributed by atoms with Gasteiger partial charge in [0.1, 0.15) is 16.5 Å². The molecule has 0 aliphatic heterocycles. The Hall–Kier alpha value is -5.74. The Morgan fingerprint density at radius 3 is 2.37 bits per heavy atom. The minimum absolute atomic E-state index is 0.0783. The summed E-state index contributed by atoms with van der Waals surface area (Å²) in [5, 5.41) is 28.8. The average Bonchev–Trinajstić information content (AvgIpc) is 3.64. The van der Waals surface area contributed by atoms with Crippen molar-refractivity contribution < 1.29 is 30.7 Å². The second kappa shape index (κ2) is 11.0. The fourth-order valence-electron chi connectivity index (χ4n) is 4.84. The number of hydrogen-bond acceptors (Lipinski definition) is 10. The van der Waals surface area contributed by atoms with Gasteiger partial charge in [-0.2, -0.15) is 27.2 Å². The van der Waals surface area contributed by atoms with Crippen molar-refractivity contribution >= 4 is 60.0 Å². The van der Waals surface area contributed by atoms with E-state index in [0.717, 1.165) is 22.9 Å². The lowest BCUT2D eigenvalue weighted by Gasteiger charge is -2.10. The van der Waals surface area contributed by atoms with Gasteiger partial charge in [-0.15, -0.1) is 10.2 Å². The Morgan fingerprint density at radius 1 is 1.00 bits per heavy atom. The normalized spacial score (nSPS) is 12.2. The first-order valence-corrected chi connectivity index (χ1v) is 16.0. The molecule has 0 fully saturated rings. The smallest absolute Gasteiger partial charge is 0.296 e. The third-order valence-corrected chi connectivity index (χ3v) is 8.60. The van der Waals surface area contributed by atoms with Gasteiger partial charge in [0.05, 0.1) is 33.0 Å². The van der Waals surface area contributed by atoms with Crippen molar-refractivity contribution in [1.82, 2.24) is 24.4 Å². The van der Waals surface area contributed by atoms with Crippen LogP contribution in [0.5, 0.6) is 0 Å². The van der Waals surface area contributed by atoms with Crippen LogP contribution in [0.15, 0.2) is 86.7 Å². The zero-order chi connectivity index (χ0) is 33.0. The minimum atomic E-state index is -4.96. The van der Waals surface area contributed by atoms with Gasteiger partial charge in [0.15, 0.2) is 17.2 Å². The van der Waals surface area contributed by atoms with E-state index >= 15 is 0 Å². The van der Waals surface area contributed by atoms with Crippen molar-refractivity contribution in [2.24, 2.45) is 10.2 Å². The van der Waals surface area contributed by atoms with Crippen LogP contribution in [-0.2, 0) is 25.0 Å². The second-order valence-corrected chi connectivity index (χ2v) is 12.8. The molecule has 0 bridgehead atoms. The molecule has 6 rings (SSSR count). The number of carbonyl (C=O) groups excluding carboxylic acids is 1. The summed E-state index contributed by atoms with van der Waals surface area (Å²) in [7, 11) is -9.79. The number of rotatable bonds is 7. The van der Waals surface area contributed by atoms with E-state index in [1.54, 1.807) is 34.8 Å². The van der Waals surface area contributed by atoms with Crippen LogP contribution >= 0.6 is 0 Å². The van der Waals surface area contributed by atoms with Gasteiger partial charge >= 0.3 is 0 Å². The predicted octanol–water partition coefficient (Wildman–Crippen LogP) is 4.72. The molecule has 0 atom stereocenters. The van der Waals surface area contributed by atoms with Crippen molar-refractivity contribution in [3.05, 3.63) is 78.0 Å². The highest BCUT2D eigenvalue weighted by Gasteiger charge is 2.26. The number of hydrogen-bond donors (Lipinski definition) is 4. The quantitative estimate of drug-likeness (QED) is 0.136. The van der Waals surface area contributed by atoms with E-state index in [1.807, 2.05) is 24.3 Å². The number of H-pyrrole nitrogens is 1. The standard InChI is InChI=1S/C28H21N9O7S2/c1-15-20(14-29)27(37(34-15)23-13-19(45(39,40)41)11-12-24(23)46(42,43)44)33-32-26-25(17-7-9-18(10-8-17)30-16(2)38)35-36-22-6-4-3-5-21(22)31-28(26)36/h3-13,35H,1-2H3,(H,30,38)(H,39,40,41)(H,42,43,44). The number of nitrogens with zero attached hydrogens (tertiary/aromatic N) is 7. The number of azo groups is 1. The maximum Gasteiger partial charge on any atom is 0.296 e. The Morgan fingerprint density at radius 2 is 1.72 bits per heavy atom. The summed E-state index contributed by atoms with van der Waals surface area (Å²) < 4.78 is 70.4. The van der Waals surface area contributed by atoms with Crippen LogP contribution in [-0.4, -0.2) is 56.2 Å².